The minimum Gasteiger partial charge on any atom is -0.343 e. The van der Waals surface area contributed by atoms with E-state index in [1.807, 2.05) is 4.90 Å². The van der Waals surface area contributed by atoms with Crippen LogP contribution >= 0.6 is 0 Å². The topological polar surface area (TPSA) is 40.6 Å². The number of hydrogen-bond donors (Lipinski definition) is 0. The Morgan fingerprint density at radius 3 is 2.56 bits per heavy atom. The average molecular weight is 376 g/mol. The van der Waals surface area contributed by atoms with E-state index in [1.54, 1.807) is 0 Å². The highest BCUT2D eigenvalue weighted by Gasteiger charge is 2.45. The highest BCUT2D eigenvalue weighted by atomic mass is 19.1. The summed E-state index contributed by atoms with van der Waals surface area (Å²) in [5.74, 6) is -0.870. The number of aryl methyl sites for hydroxylation is 1. The van der Waals surface area contributed by atoms with Gasteiger partial charge in [0, 0.05) is 44.6 Å². The number of carbonyl (C=O) groups is 2. The third-order valence-electron chi connectivity index (χ3n) is 6.48. The van der Waals surface area contributed by atoms with E-state index >= 15 is 0 Å². The lowest BCUT2D eigenvalue weighted by Gasteiger charge is -2.47. The third kappa shape index (κ3) is 3.99. The molecule has 2 heterocycles. The van der Waals surface area contributed by atoms with Gasteiger partial charge in [-0.25, -0.2) is 8.78 Å². The molecular weight excluding hydrogens is 350 g/mol. The van der Waals surface area contributed by atoms with Crippen LogP contribution in [0.25, 0.3) is 0 Å². The van der Waals surface area contributed by atoms with Crippen molar-refractivity contribution in [3.05, 3.63) is 35.4 Å². The van der Waals surface area contributed by atoms with Crippen LogP contribution in [-0.4, -0.2) is 47.3 Å². The van der Waals surface area contributed by atoms with Gasteiger partial charge in [0.1, 0.15) is 11.6 Å². The Bertz CT molecular complexity index is 740. The van der Waals surface area contributed by atoms with Crippen molar-refractivity contribution in [2.24, 2.45) is 5.41 Å². The highest BCUT2D eigenvalue weighted by molar-refractivity contribution is 5.78. The predicted octanol–water partition coefficient (Wildman–Crippen LogP) is 3.29. The molecule has 1 aromatic rings. The Morgan fingerprint density at radius 2 is 1.89 bits per heavy atom. The molecule has 0 unspecified atom stereocenters. The van der Waals surface area contributed by atoms with Gasteiger partial charge in [0.2, 0.25) is 11.8 Å². The second-order valence-corrected chi connectivity index (χ2v) is 8.37. The molecule has 146 valence electrons. The van der Waals surface area contributed by atoms with Crippen molar-refractivity contribution in [2.45, 2.75) is 57.4 Å². The van der Waals surface area contributed by atoms with Gasteiger partial charge in [-0.3, -0.25) is 9.59 Å². The zero-order valence-electron chi connectivity index (χ0n) is 15.6. The van der Waals surface area contributed by atoms with E-state index in [0.29, 0.717) is 37.0 Å². The van der Waals surface area contributed by atoms with Gasteiger partial charge in [-0.15, -0.1) is 0 Å². The van der Waals surface area contributed by atoms with Crippen LogP contribution in [0.5, 0.6) is 0 Å². The normalized spacial score (nSPS) is 22.4. The van der Waals surface area contributed by atoms with E-state index < -0.39 is 11.6 Å². The van der Waals surface area contributed by atoms with Crippen LogP contribution < -0.4 is 0 Å². The summed E-state index contributed by atoms with van der Waals surface area (Å²) in [6.45, 7) is 2.26. The number of amides is 2. The summed E-state index contributed by atoms with van der Waals surface area (Å²) >= 11 is 0. The number of rotatable bonds is 4. The Balaban J connectivity index is 1.29. The first-order chi connectivity index (χ1) is 13.0. The van der Waals surface area contributed by atoms with E-state index in [1.165, 1.54) is 12.1 Å². The second kappa shape index (κ2) is 7.21. The summed E-state index contributed by atoms with van der Waals surface area (Å²) < 4.78 is 26.7. The number of halogens is 2. The van der Waals surface area contributed by atoms with Crippen LogP contribution in [0, 0.1) is 17.0 Å². The molecule has 3 aliphatic rings. The maximum absolute atomic E-state index is 13.7. The van der Waals surface area contributed by atoms with Crippen molar-refractivity contribution in [2.75, 3.05) is 19.6 Å². The van der Waals surface area contributed by atoms with Gasteiger partial charge >= 0.3 is 0 Å². The summed E-state index contributed by atoms with van der Waals surface area (Å²) in [6, 6.07) is 3.96. The Labute approximate surface area is 158 Å². The monoisotopic (exact) mass is 376 g/mol. The molecule has 6 heteroatoms. The molecule has 1 aliphatic carbocycles. The molecule has 1 spiro atoms. The lowest BCUT2D eigenvalue weighted by molar-refractivity contribution is -0.143. The highest BCUT2D eigenvalue weighted by Crippen LogP contribution is 2.43. The zero-order chi connectivity index (χ0) is 19.0. The van der Waals surface area contributed by atoms with E-state index in [0.717, 1.165) is 44.7 Å². The fraction of sp³-hybridized carbons (Fsp3) is 0.619. The van der Waals surface area contributed by atoms with Crippen molar-refractivity contribution in [1.29, 1.82) is 0 Å². The molecule has 0 radical (unpaired) electrons. The summed E-state index contributed by atoms with van der Waals surface area (Å²) in [5.41, 5.74) is 0.542. The molecule has 2 saturated heterocycles. The first kappa shape index (κ1) is 18.4. The Hall–Kier alpha value is -1.98. The number of piperidine rings is 2. The van der Waals surface area contributed by atoms with E-state index in [-0.39, 0.29) is 24.2 Å². The number of benzene rings is 1. The van der Waals surface area contributed by atoms with Crippen LogP contribution in [0.1, 0.15) is 50.5 Å². The smallest absolute Gasteiger partial charge is 0.222 e. The number of nitrogens with zero attached hydrogens (tertiary/aromatic N) is 2. The summed E-state index contributed by atoms with van der Waals surface area (Å²) in [5, 5.41) is 0. The molecule has 3 fully saturated rings. The maximum atomic E-state index is 13.7. The number of likely N-dealkylation sites (tertiary alicyclic amines) is 2. The van der Waals surface area contributed by atoms with Gasteiger partial charge in [0.25, 0.3) is 0 Å². The van der Waals surface area contributed by atoms with E-state index in [9.17, 15) is 18.4 Å². The first-order valence-electron chi connectivity index (χ1n) is 9.97. The fourth-order valence-electron chi connectivity index (χ4n) is 4.53. The van der Waals surface area contributed by atoms with Crippen LogP contribution in [0.4, 0.5) is 8.78 Å². The SMILES string of the molecule is O=C(CCc1ccc(F)cc1F)N1CCC2(CCC(=O)N(C3CC3)C2)CC1. The van der Waals surface area contributed by atoms with Crippen LogP contribution in [0.2, 0.25) is 0 Å². The standard InChI is InChI=1S/C21H26F2N2O2/c22-16-3-1-15(18(23)13-16)2-6-19(26)24-11-9-21(10-12-24)8-7-20(27)25(14-21)17-4-5-17/h1,3,13,17H,2,4-12,14H2. The maximum Gasteiger partial charge on any atom is 0.222 e. The summed E-state index contributed by atoms with van der Waals surface area (Å²) in [7, 11) is 0. The molecule has 2 amide bonds. The third-order valence-corrected chi connectivity index (χ3v) is 6.48. The number of hydrogen-bond acceptors (Lipinski definition) is 2. The molecule has 4 rings (SSSR count). The van der Waals surface area contributed by atoms with Crippen molar-refractivity contribution < 1.29 is 18.4 Å². The molecule has 0 aromatic heterocycles. The van der Waals surface area contributed by atoms with Crippen molar-refractivity contribution in [1.82, 2.24) is 9.80 Å². The number of carbonyl (C=O) groups excluding carboxylic acids is 2. The zero-order valence-corrected chi connectivity index (χ0v) is 15.6. The first-order valence-corrected chi connectivity index (χ1v) is 9.97. The Morgan fingerprint density at radius 1 is 1.15 bits per heavy atom. The molecule has 1 aromatic carbocycles. The minimum absolute atomic E-state index is 0.0273. The lowest BCUT2D eigenvalue weighted by Crippen LogP contribution is -2.52. The predicted molar refractivity (Wildman–Crippen MR) is 96.9 cm³/mol. The van der Waals surface area contributed by atoms with Gasteiger partial charge in [0.05, 0.1) is 0 Å². The van der Waals surface area contributed by atoms with Crippen molar-refractivity contribution in [3.8, 4) is 0 Å². The van der Waals surface area contributed by atoms with Gasteiger partial charge in [-0.2, -0.15) is 0 Å². The largest absolute Gasteiger partial charge is 0.343 e. The minimum atomic E-state index is -0.602. The summed E-state index contributed by atoms with van der Waals surface area (Å²) in [4.78, 5) is 28.6. The molecule has 2 aliphatic heterocycles. The molecule has 0 bridgehead atoms. The van der Waals surface area contributed by atoms with Crippen molar-refractivity contribution >= 4 is 11.8 Å². The second-order valence-electron chi connectivity index (χ2n) is 8.37. The fourth-order valence-corrected chi connectivity index (χ4v) is 4.53. The summed E-state index contributed by atoms with van der Waals surface area (Å²) in [6.07, 6.45) is 6.21. The quantitative estimate of drug-likeness (QED) is 0.809. The van der Waals surface area contributed by atoms with Crippen molar-refractivity contribution in [3.63, 3.8) is 0 Å². The molecule has 1 saturated carbocycles. The van der Waals surface area contributed by atoms with Gasteiger partial charge < -0.3 is 9.80 Å². The van der Waals surface area contributed by atoms with Gasteiger partial charge in [-0.1, -0.05) is 6.07 Å². The van der Waals surface area contributed by atoms with Crippen LogP contribution in [-0.2, 0) is 16.0 Å². The molecule has 27 heavy (non-hydrogen) atoms. The lowest BCUT2D eigenvalue weighted by atomic mass is 9.72. The van der Waals surface area contributed by atoms with Gasteiger partial charge in [-0.05, 0) is 55.6 Å². The Kier molecular flexibility index (Phi) is 4.91. The van der Waals surface area contributed by atoms with E-state index in [2.05, 4.69) is 4.90 Å². The molecule has 4 nitrogen and oxygen atoms in total. The molecular formula is C21H26F2N2O2. The molecule has 0 N–H and O–H groups in total. The van der Waals surface area contributed by atoms with Gasteiger partial charge in [0.15, 0.2) is 0 Å². The molecule has 0 atom stereocenters. The average Bonchev–Trinajstić information content (AvgIpc) is 3.49. The van der Waals surface area contributed by atoms with E-state index in [4.69, 9.17) is 0 Å². The van der Waals surface area contributed by atoms with Crippen LogP contribution in [0.15, 0.2) is 18.2 Å². The van der Waals surface area contributed by atoms with Crippen LogP contribution in [0.3, 0.4) is 0 Å².